The Balaban J connectivity index is 1.79. The number of carbonyl (C=O) groups excluding carboxylic acids is 1. The second-order valence-corrected chi connectivity index (χ2v) is 5.83. The van der Waals surface area contributed by atoms with Crippen LogP contribution in [0.2, 0.25) is 0 Å². The third-order valence-corrected chi connectivity index (χ3v) is 4.63. The number of rotatable bonds is 3. The molecular formula is C16H19NO3. The van der Waals surface area contributed by atoms with E-state index in [4.69, 9.17) is 0 Å². The van der Waals surface area contributed by atoms with Gasteiger partial charge in [-0.25, -0.2) is 0 Å². The average molecular weight is 273 g/mol. The topological polar surface area (TPSA) is 57.6 Å². The van der Waals surface area contributed by atoms with E-state index in [-0.39, 0.29) is 17.7 Å². The molecule has 4 nitrogen and oxygen atoms in total. The van der Waals surface area contributed by atoms with Crippen LogP contribution < -0.4 is 0 Å². The quantitative estimate of drug-likeness (QED) is 0.917. The summed E-state index contributed by atoms with van der Waals surface area (Å²) in [5.74, 6) is -1.08. The molecule has 4 heteroatoms. The van der Waals surface area contributed by atoms with Gasteiger partial charge >= 0.3 is 5.97 Å². The number of benzene rings is 1. The van der Waals surface area contributed by atoms with Crippen molar-refractivity contribution in [1.29, 1.82) is 0 Å². The van der Waals surface area contributed by atoms with E-state index in [9.17, 15) is 14.7 Å². The Morgan fingerprint density at radius 1 is 1.10 bits per heavy atom. The summed E-state index contributed by atoms with van der Waals surface area (Å²) in [6.45, 7) is 0.889. The van der Waals surface area contributed by atoms with E-state index in [1.165, 1.54) is 0 Å². The number of amides is 1. The fourth-order valence-electron chi connectivity index (χ4n) is 3.19. The largest absolute Gasteiger partial charge is 0.481 e. The number of carboxylic acid groups (broad SMARTS) is 1. The molecule has 1 heterocycles. The number of hydrogen-bond donors (Lipinski definition) is 1. The first-order valence-corrected chi connectivity index (χ1v) is 7.23. The molecule has 2 fully saturated rings. The molecule has 20 heavy (non-hydrogen) atoms. The van der Waals surface area contributed by atoms with Gasteiger partial charge in [-0.2, -0.15) is 0 Å². The predicted molar refractivity (Wildman–Crippen MR) is 74.2 cm³/mol. The Hall–Kier alpha value is -1.84. The van der Waals surface area contributed by atoms with Gasteiger partial charge in [-0.3, -0.25) is 9.59 Å². The molecule has 2 aliphatic rings. The van der Waals surface area contributed by atoms with Gasteiger partial charge in [0.25, 0.3) is 0 Å². The van der Waals surface area contributed by atoms with E-state index < -0.39 is 11.9 Å². The lowest BCUT2D eigenvalue weighted by molar-refractivity contribution is -0.142. The van der Waals surface area contributed by atoms with Crippen LogP contribution in [0.1, 0.15) is 30.7 Å². The van der Waals surface area contributed by atoms with Crippen LogP contribution >= 0.6 is 0 Å². The molecule has 1 saturated carbocycles. The van der Waals surface area contributed by atoms with Crippen molar-refractivity contribution in [3.05, 3.63) is 35.9 Å². The molecule has 1 aliphatic heterocycles. The summed E-state index contributed by atoms with van der Waals surface area (Å²) in [4.78, 5) is 25.5. The number of aliphatic carboxylic acids is 1. The Labute approximate surface area is 118 Å². The van der Waals surface area contributed by atoms with Gasteiger partial charge in [-0.05, 0) is 18.4 Å². The molecule has 0 aromatic heterocycles. The highest BCUT2D eigenvalue weighted by molar-refractivity contribution is 5.82. The lowest BCUT2D eigenvalue weighted by Crippen LogP contribution is -2.37. The maximum atomic E-state index is 12.3. The molecule has 1 aliphatic carbocycles. The van der Waals surface area contributed by atoms with Crippen molar-refractivity contribution in [2.45, 2.75) is 25.2 Å². The van der Waals surface area contributed by atoms with Crippen LogP contribution in [0.5, 0.6) is 0 Å². The zero-order chi connectivity index (χ0) is 14.1. The smallest absolute Gasteiger partial charge is 0.308 e. The van der Waals surface area contributed by atoms with Crippen molar-refractivity contribution in [2.75, 3.05) is 13.1 Å². The molecule has 0 spiro atoms. The summed E-state index contributed by atoms with van der Waals surface area (Å²) >= 11 is 0. The van der Waals surface area contributed by atoms with Crippen molar-refractivity contribution in [3.63, 3.8) is 0 Å². The fraction of sp³-hybridized carbons (Fsp3) is 0.500. The summed E-state index contributed by atoms with van der Waals surface area (Å²) in [5, 5.41) is 9.42. The summed E-state index contributed by atoms with van der Waals surface area (Å²) in [6.07, 6.45) is 3.04. The van der Waals surface area contributed by atoms with Crippen molar-refractivity contribution in [2.24, 2.45) is 11.8 Å². The van der Waals surface area contributed by atoms with E-state index in [0.29, 0.717) is 13.1 Å². The molecule has 106 valence electrons. The van der Waals surface area contributed by atoms with Crippen molar-refractivity contribution < 1.29 is 14.7 Å². The molecule has 0 bridgehead atoms. The van der Waals surface area contributed by atoms with Crippen LogP contribution in [0.15, 0.2) is 30.3 Å². The molecule has 1 saturated heterocycles. The molecule has 2 atom stereocenters. The van der Waals surface area contributed by atoms with Gasteiger partial charge < -0.3 is 10.0 Å². The predicted octanol–water partition coefficient (Wildman–Crippen LogP) is 2.11. The second-order valence-electron chi connectivity index (χ2n) is 5.83. The zero-order valence-corrected chi connectivity index (χ0v) is 11.4. The van der Waals surface area contributed by atoms with E-state index >= 15 is 0 Å². The van der Waals surface area contributed by atoms with E-state index in [1.807, 2.05) is 30.3 Å². The molecule has 1 N–H and O–H groups in total. The van der Waals surface area contributed by atoms with E-state index in [0.717, 1.165) is 24.8 Å². The summed E-state index contributed by atoms with van der Waals surface area (Å²) < 4.78 is 0. The van der Waals surface area contributed by atoms with Crippen molar-refractivity contribution >= 4 is 11.9 Å². The van der Waals surface area contributed by atoms with Gasteiger partial charge in [0.2, 0.25) is 5.91 Å². The Bertz CT molecular complexity index is 510. The first-order valence-electron chi connectivity index (χ1n) is 7.23. The molecule has 1 aromatic carbocycles. The number of hydrogen-bond acceptors (Lipinski definition) is 2. The normalized spacial score (nSPS) is 26.3. The highest BCUT2D eigenvalue weighted by atomic mass is 16.4. The molecule has 2 unspecified atom stereocenters. The highest BCUT2D eigenvalue weighted by Crippen LogP contribution is 2.36. The van der Waals surface area contributed by atoms with Gasteiger partial charge in [0, 0.05) is 24.9 Å². The maximum Gasteiger partial charge on any atom is 0.308 e. The van der Waals surface area contributed by atoms with Crippen LogP contribution in [0, 0.1) is 11.8 Å². The maximum absolute atomic E-state index is 12.3. The molecule has 3 rings (SSSR count). The summed E-state index contributed by atoms with van der Waals surface area (Å²) in [5.41, 5.74) is 1.02. The van der Waals surface area contributed by atoms with Gasteiger partial charge in [0.1, 0.15) is 0 Å². The van der Waals surface area contributed by atoms with Gasteiger partial charge in [0.05, 0.1) is 5.92 Å². The monoisotopic (exact) mass is 273 g/mol. The standard InChI is InChI=1S/C16H19NO3/c18-15(12-7-4-8-12)17-9-13(14(10-17)16(19)20)11-5-2-1-3-6-11/h1-3,5-6,12-14H,4,7-10H2,(H,19,20). The Morgan fingerprint density at radius 2 is 1.80 bits per heavy atom. The van der Waals surface area contributed by atoms with Gasteiger partial charge in [-0.15, -0.1) is 0 Å². The van der Waals surface area contributed by atoms with E-state index in [1.54, 1.807) is 4.90 Å². The van der Waals surface area contributed by atoms with E-state index in [2.05, 4.69) is 0 Å². The first-order chi connectivity index (χ1) is 9.66. The third-order valence-electron chi connectivity index (χ3n) is 4.63. The molecular weight excluding hydrogens is 254 g/mol. The average Bonchev–Trinajstić information content (AvgIpc) is 2.83. The van der Waals surface area contributed by atoms with Gasteiger partial charge in [-0.1, -0.05) is 36.8 Å². The summed E-state index contributed by atoms with van der Waals surface area (Å²) in [6, 6.07) is 9.68. The minimum absolute atomic E-state index is 0.0854. The number of carboxylic acids is 1. The first kappa shape index (κ1) is 13.2. The Kier molecular flexibility index (Phi) is 3.47. The number of carbonyl (C=O) groups is 2. The highest BCUT2D eigenvalue weighted by Gasteiger charge is 2.42. The molecule has 1 amide bonds. The lowest BCUT2D eigenvalue weighted by atomic mass is 9.84. The van der Waals surface area contributed by atoms with Crippen LogP contribution in [0.4, 0.5) is 0 Å². The Morgan fingerprint density at radius 3 is 2.35 bits per heavy atom. The fourth-order valence-corrected chi connectivity index (χ4v) is 3.19. The molecule has 0 radical (unpaired) electrons. The third kappa shape index (κ3) is 2.30. The minimum atomic E-state index is -0.803. The van der Waals surface area contributed by atoms with Crippen molar-refractivity contribution in [1.82, 2.24) is 4.90 Å². The number of likely N-dealkylation sites (tertiary alicyclic amines) is 1. The molecule has 1 aromatic rings. The lowest BCUT2D eigenvalue weighted by Gasteiger charge is -2.29. The van der Waals surface area contributed by atoms with Gasteiger partial charge in [0.15, 0.2) is 0 Å². The van der Waals surface area contributed by atoms with Crippen LogP contribution in [-0.4, -0.2) is 35.0 Å². The second kappa shape index (κ2) is 5.27. The van der Waals surface area contributed by atoms with Crippen LogP contribution in [0.3, 0.4) is 0 Å². The summed E-state index contributed by atoms with van der Waals surface area (Å²) in [7, 11) is 0. The SMILES string of the molecule is O=C(O)C1CN(C(=O)C2CCC2)CC1c1ccccc1. The number of nitrogens with zero attached hydrogens (tertiary/aromatic N) is 1. The minimum Gasteiger partial charge on any atom is -0.481 e. The zero-order valence-electron chi connectivity index (χ0n) is 11.4. The van der Waals surface area contributed by atoms with Crippen molar-refractivity contribution in [3.8, 4) is 0 Å². The van der Waals surface area contributed by atoms with Crippen LogP contribution in [0.25, 0.3) is 0 Å². The van der Waals surface area contributed by atoms with Crippen LogP contribution in [-0.2, 0) is 9.59 Å².